The van der Waals surface area contributed by atoms with Gasteiger partial charge in [0.1, 0.15) is 10.7 Å². The van der Waals surface area contributed by atoms with Crippen LogP contribution in [0.5, 0.6) is 0 Å². The van der Waals surface area contributed by atoms with Crippen LogP contribution in [0.3, 0.4) is 0 Å². The first-order valence-electron chi connectivity index (χ1n) is 2.81. The van der Waals surface area contributed by atoms with E-state index in [0.29, 0.717) is 6.07 Å². The van der Waals surface area contributed by atoms with E-state index >= 15 is 0 Å². The summed E-state index contributed by atoms with van der Waals surface area (Å²) in [5.74, 6) is -1.15. The van der Waals surface area contributed by atoms with Crippen molar-refractivity contribution in [2.45, 2.75) is 4.90 Å². The first kappa shape index (κ1) is 9.41. The Morgan fingerprint density at radius 2 is 1.92 bits per heavy atom. The molecule has 1 aromatic rings. The zero-order valence-corrected chi connectivity index (χ0v) is 7.16. The predicted molar refractivity (Wildman–Crippen MR) is 39.7 cm³/mol. The summed E-state index contributed by atoms with van der Waals surface area (Å²) in [4.78, 5) is -1.03. The van der Waals surface area contributed by atoms with E-state index in [-0.39, 0.29) is 5.02 Å². The van der Waals surface area contributed by atoms with Crippen LogP contribution in [0.4, 0.5) is 8.28 Å². The van der Waals surface area contributed by atoms with E-state index in [0.717, 1.165) is 12.1 Å². The molecule has 6 heteroatoms. The fraction of sp³-hybridized carbons (Fsp3) is 0. The number of halogens is 3. The van der Waals surface area contributed by atoms with Crippen molar-refractivity contribution in [3.05, 3.63) is 29.0 Å². The van der Waals surface area contributed by atoms with E-state index in [1.165, 1.54) is 0 Å². The lowest BCUT2D eigenvalue weighted by Gasteiger charge is -1.96. The maximum atomic E-state index is 12.6. The number of benzene rings is 1. The van der Waals surface area contributed by atoms with Gasteiger partial charge in [-0.2, -0.15) is 8.42 Å². The van der Waals surface area contributed by atoms with Gasteiger partial charge in [-0.1, -0.05) is 11.6 Å². The Labute approximate surface area is 73.0 Å². The molecular weight excluding hydrogens is 210 g/mol. The fourth-order valence-corrected chi connectivity index (χ4v) is 1.47. The third-order valence-corrected chi connectivity index (χ3v) is 2.23. The molecule has 0 aliphatic carbocycles. The summed E-state index contributed by atoms with van der Waals surface area (Å²) in [6, 6.07) is 2.63. The van der Waals surface area contributed by atoms with Gasteiger partial charge in [-0.25, -0.2) is 4.39 Å². The molecule has 0 spiro atoms. The molecule has 0 saturated carbocycles. The molecule has 2 nitrogen and oxygen atoms in total. The highest BCUT2D eigenvalue weighted by Crippen LogP contribution is 2.20. The lowest BCUT2D eigenvalue weighted by molar-refractivity contribution is 0.533. The van der Waals surface area contributed by atoms with E-state index in [9.17, 15) is 16.7 Å². The minimum absolute atomic E-state index is 0.0346. The van der Waals surface area contributed by atoms with Crippen LogP contribution >= 0.6 is 11.6 Å². The summed E-state index contributed by atoms with van der Waals surface area (Å²) in [5.41, 5.74) is 0. The predicted octanol–water partition coefficient (Wildman–Crippen LogP) is 2.14. The highest BCUT2D eigenvalue weighted by Gasteiger charge is 2.17. The second-order valence-corrected chi connectivity index (χ2v) is 3.76. The van der Waals surface area contributed by atoms with E-state index in [4.69, 9.17) is 11.6 Å². The molecule has 0 aliphatic heterocycles. The average molecular weight is 213 g/mol. The normalized spacial score (nSPS) is 11.6. The smallest absolute Gasteiger partial charge is 0.205 e. The Kier molecular flexibility index (Phi) is 2.34. The van der Waals surface area contributed by atoms with E-state index in [1.807, 2.05) is 0 Å². The number of rotatable bonds is 1. The Balaban J connectivity index is 3.43. The quantitative estimate of drug-likeness (QED) is 0.669. The van der Waals surface area contributed by atoms with Gasteiger partial charge < -0.3 is 0 Å². The van der Waals surface area contributed by atoms with Gasteiger partial charge >= 0.3 is 10.2 Å². The van der Waals surface area contributed by atoms with Crippen molar-refractivity contribution in [2.75, 3.05) is 0 Å². The third-order valence-electron chi connectivity index (χ3n) is 1.16. The summed E-state index contributed by atoms with van der Waals surface area (Å²) in [7, 11) is -5.02. The summed E-state index contributed by atoms with van der Waals surface area (Å²) >= 11 is 5.33. The molecule has 0 heterocycles. The average Bonchev–Trinajstić information content (AvgIpc) is 1.92. The molecule has 0 aromatic heterocycles. The molecule has 0 radical (unpaired) electrons. The molecule has 0 saturated heterocycles. The van der Waals surface area contributed by atoms with Gasteiger partial charge in [-0.15, -0.1) is 3.89 Å². The molecule has 0 amide bonds. The lowest BCUT2D eigenvalue weighted by atomic mass is 10.3. The van der Waals surface area contributed by atoms with Crippen molar-refractivity contribution < 1.29 is 16.7 Å². The summed E-state index contributed by atoms with van der Waals surface area (Å²) < 4.78 is 45.3. The van der Waals surface area contributed by atoms with Crippen LogP contribution in [-0.4, -0.2) is 8.42 Å². The first-order chi connectivity index (χ1) is 5.41. The molecular formula is C6H3ClF2O2S. The van der Waals surface area contributed by atoms with Crippen molar-refractivity contribution in [1.29, 1.82) is 0 Å². The molecule has 66 valence electrons. The SMILES string of the molecule is O=S(=O)(F)c1cc(Cl)ccc1F. The van der Waals surface area contributed by atoms with Gasteiger partial charge in [0, 0.05) is 5.02 Å². The number of hydrogen-bond donors (Lipinski definition) is 0. The standard InChI is InChI=1S/C6H3ClF2O2S/c7-4-1-2-5(8)6(3-4)12(9,10)11/h1-3H. The Morgan fingerprint density at radius 3 is 2.33 bits per heavy atom. The molecule has 12 heavy (non-hydrogen) atoms. The summed E-state index contributed by atoms with van der Waals surface area (Å²) in [6.07, 6.45) is 0. The second kappa shape index (κ2) is 2.99. The van der Waals surface area contributed by atoms with Crippen molar-refractivity contribution in [1.82, 2.24) is 0 Å². The maximum Gasteiger partial charge on any atom is 0.335 e. The monoisotopic (exact) mass is 212 g/mol. The molecule has 1 rings (SSSR count). The van der Waals surface area contributed by atoms with Crippen LogP contribution < -0.4 is 0 Å². The molecule has 0 N–H and O–H groups in total. The summed E-state index contributed by atoms with van der Waals surface area (Å²) in [6.45, 7) is 0. The van der Waals surface area contributed by atoms with Crippen LogP contribution in [0, 0.1) is 5.82 Å². The highest BCUT2D eigenvalue weighted by atomic mass is 35.5. The molecule has 0 atom stereocenters. The van der Waals surface area contributed by atoms with Crippen LogP contribution in [-0.2, 0) is 10.2 Å². The fourth-order valence-electron chi connectivity index (χ4n) is 0.664. The zero-order valence-electron chi connectivity index (χ0n) is 5.59. The van der Waals surface area contributed by atoms with Gasteiger partial charge in [-0.3, -0.25) is 0 Å². The second-order valence-electron chi connectivity index (χ2n) is 2.01. The van der Waals surface area contributed by atoms with Crippen LogP contribution in [0.1, 0.15) is 0 Å². The van der Waals surface area contributed by atoms with Gasteiger partial charge in [0.2, 0.25) is 0 Å². The van der Waals surface area contributed by atoms with Crippen LogP contribution in [0.15, 0.2) is 23.1 Å². The minimum Gasteiger partial charge on any atom is -0.205 e. The van der Waals surface area contributed by atoms with Gasteiger partial charge in [0.15, 0.2) is 0 Å². The van der Waals surface area contributed by atoms with E-state index in [1.54, 1.807) is 0 Å². The highest BCUT2D eigenvalue weighted by molar-refractivity contribution is 7.86. The van der Waals surface area contributed by atoms with Crippen molar-refractivity contribution in [3.8, 4) is 0 Å². The Morgan fingerprint density at radius 1 is 1.33 bits per heavy atom. The largest absolute Gasteiger partial charge is 0.335 e. The molecule has 0 bridgehead atoms. The topological polar surface area (TPSA) is 34.1 Å². The van der Waals surface area contributed by atoms with Crippen LogP contribution in [0.25, 0.3) is 0 Å². The number of hydrogen-bond acceptors (Lipinski definition) is 2. The molecule has 0 fully saturated rings. The van der Waals surface area contributed by atoms with Crippen molar-refractivity contribution in [3.63, 3.8) is 0 Å². The van der Waals surface area contributed by atoms with E-state index < -0.39 is 20.9 Å². The Bertz CT molecular complexity index is 402. The van der Waals surface area contributed by atoms with Crippen molar-refractivity contribution >= 4 is 21.8 Å². The molecule has 1 aromatic carbocycles. The third kappa shape index (κ3) is 1.92. The maximum absolute atomic E-state index is 12.6. The Hall–Kier alpha value is -0.680. The molecule has 0 aliphatic rings. The first-order valence-corrected chi connectivity index (χ1v) is 4.57. The van der Waals surface area contributed by atoms with Gasteiger partial charge in [0.05, 0.1) is 0 Å². The molecule has 0 unspecified atom stereocenters. The summed E-state index contributed by atoms with van der Waals surface area (Å²) in [5, 5.41) is -0.0346. The van der Waals surface area contributed by atoms with Gasteiger partial charge in [-0.05, 0) is 18.2 Å². The van der Waals surface area contributed by atoms with Crippen LogP contribution in [0.2, 0.25) is 5.02 Å². The minimum atomic E-state index is -5.02. The lowest BCUT2D eigenvalue weighted by Crippen LogP contribution is -1.95. The van der Waals surface area contributed by atoms with Gasteiger partial charge in [0.25, 0.3) is 0 Å². The van der Waals surface area contributed by atoms with Crippen molar-refractivity contribution in [2.24, 2.45) is 0 Å². The van der Waals surface area contributed by atoms with E-state index in [2.05, 4.69) is 0 Å². The zero-order chi connectivity index (χ0) is 9.35.